The molecule has 1 aromatic heterocycles. The van der Waals surface area contributed by atoms with Crippen LogP contribution in [0.3, 0.4) is 0 Å². The van der Waals surface area contributed by atoms with Crippen LogP contribution in [0.2, 0.25) is 0 Å². The zero-order valence-electron chi connectivity index (χ0n) is 14.9. The van der Waals surface area contributed by atoms with E-state index in [-0.39, 0.29) is 12.5 Å². The summed E-state index contributed by atoms with van der Waals surface area (Å²) in [5.41, 5.74) is 13.0. The van der Waals surface area contributed by atoms with Crippen LogP contribution in [0.5, 0.6) is 5.75 Å². The van der Waals surface area contributed by atoms with E-state index >= 15 is 0 Å². The van der Waals surface area contributed by atoms with Crippen molar-refractivity contribution in [1.82, 2.24) is 10.3 Å². The first-order chi connectivity index (χ1) is 13.8. The summed E-state index contributed by atoms with van der Waals surface area (Å²) in [5.74, 6) is 0.510. The molecule has 28 heavy (non-hydrogen) atoms. The molecule has 0 radical (unpaired) electrons. The number of benzene rings is 2. The summed E-state index contributed by atoms with van der Waals surface area (Å²) in [6, 6.07) is 16.5. The number of carbonyl (C=O) groups is 1. The van der Waals surface area contributed by atoms with Gasteiger partial charge in [0.2, 0.25) is 0 Å². The van der Waals surface area contributed by atoms with E-state index in [2.05, 4.69) is 20.3 Å². The van der Waals surface area contributed by atoms with Crippen LogP contribution in [-0.2, 0) is 6.61 Å². The quantitative estimate of drug-likeness (QED) is 0.408. The highest BCUT2D eigenvalue weighted by molar-refractivity contribution is 5.95. The van der Waals surface area contributed by atoms with E-state index in [4.69, 9.17) is 10.3 Å². The fourth-order valence-electron chi connectivity index (χ4n) is 3.27. The first-order valence-corrected chi connectivity index (χ1v) is 8.83. The second-order valence-electron chi connectivity index (χ2n) is 6.38. The van der Waals surface area contributed by atoms with Gasteiger partial charge in [0.25, 0.3) is 5.91 Å². The van der Waals surface area contributed by atoms with Gasteiger partial charge in [-0.05, 0) is 40.4 Å². The summed E-state index contributed by atoms with van der Waals surface area (Å²) < 4.78 is 5.74. The van der Waals surface area contributed by atoms with Crippen molar-refractivity contribution in [1.29, 1.82) is 0 Å². The maximum Gasteiger partial charge on any atom is 0.251 e. The molecule has 1 amide bonds. The smallest absolute Gasteiger partial charge is 0.251 e. The minimum absolute atomic E-state index is 0.140. The van der Waals surface area contributed by atoms with E-state index in [1.54, 1.807) is 18.5 Å². The van der Waals surface area contributed by atoms with Crippen molar-refractivity contribution in [3.05, 3.63) is 94.1 Å². The fourth-order valence-corrected chi connectivity index (χ4v) is 3.27. The van der Waals surface area contributed by atoms with E-state index in [0.717, 1.165) is 28.0 Å². The number of carbonyl (C=O) groups excluding carboxylic acids is 1. The minimum Gasteiger partial charge on any atom is -0.487 e. The Labute approximate surface area is 161 Å². The van der Waals surface area contributed by atoms with E-state index in [1.807, 2.05) is 48.5 Å². The first kappa shape index (κ1) is 17.6. The number of nitrogens with zero attached hydrogens (tertiary/aromatic N) is 4. The molecular weight excluding hydrogens is 354 g/mol. The summed E-state index contributed by atoms with van der Waals surface area (Å²) >= 11 is 0. The van der Waals surface area contributed by atoms with Crippen LogP contribution >= 0.6 is 0 Å². The lowest BCUT2D eigenvalue weighted by Crippen LogP contribution is -2.30. The SMILES string of the molecule is [N-]=[N+]=NC[C@@H](NC(=O)c1ccc2c(c1)COc1cnccc1-2)c1ccccc1. The fraction of sp³-hybridized carbons (Fsp3) is 0.143. The molecule has 1 N–H and O–H groups in total. The molecule has 1 aliphatic rings. The number of hydrogen-bond acceptors (Lipinski definition) is 4. The van der Waals surface area contributed by atoms with Crippen molar-refractivity contribution < 1.29 is 9.53 Å². The Morgan fingerprint density at radius 3 is 2.89 bits per heavy atom. The first-order valence-electron chi connectivity index (χ1n) is 8.83. The van der Waals surface area contributed by atoms with Gasteiger partial charge in [0, 0.05) is 22.2 Å². The van der Waals surface area contributed by atoms with Crippen LogP contribution < -0.4 is 10.1 Å². The number of rotatable bonds is 5. The standard InChI is InChI=1S/C21H17N5O2/c22-26-24-11-19(14-4-2-1-3-5-14)25-21(27)15-6-7-17-16(10-15)13-28-20-12-23-9-8-18(17)20/h1-10,12,19H,11,13H2,(H,25,27)/t19-/m1/s1. The Bertz CT molecular complexity index is 1060. The maximum atomic E-state index is 12.8. The summed E-state index contributed by atoms with van der Waals surface area (Å²) in [7, 11) is 0. The Morgan fingerprint density at radius 2 is 2.07 bits per heavy atom. The number of aromatic nitrogens is 1. The molecule has 0 unspecified atom stereocenters. The second-order valence-corrected chi connectivity index (χ2v) is 6.38. The molecule has 2 heterocycles. The van der Waals surface area contributed by atoms with Crippen molar-refractivity contribution in [2.24, 2.45) is 5.11 Å². The number of hydrogen-bond donors (Lipinski definition) is 1. The van der Waals surface area contributed by atoms with Gasteiger partial charge in [-0.1, -0.05) is 41.5 Å². The molecule has 1 atom stereocenters. The lowest BCUT2D eigenvalue weighted by Gasteiger charge is -2.21. The van der Waals surface area contributed by atoms with Gasteiger partial charge >= 0.3 is 0 Å². The number of pyridine rings is 1. The van der Waals surface area contributed by atoms with Gasteiger partial charge in [-0.25, -0.2) is 0 Å². The van der Waals surface area contributed by atoms with Crippen molar-refractivity contribution in [3.63, 3.8) is 0 Å². The monoisotopic (exact) mass is 371 g/mol. The van der Waals surface area contributed by atoms with Crippen LogP contribution in [0.1, 0.15) is 27.5 Å². The Kier molecular flexibility index (Phi) is 4.91. The number of nitrogens with one attached hydrogen (secondary N) is 1. The van der Waals surface area contributed by atoms with Gasteiger partial charge in [-0.15, -0.1) is 0 Å². The lowest BCUT2D eigenvalue weighted by molar-refractivity contribution is 0.0937. The van der Waals surface area contributed by atoms with E-state index in [0.29, 0.717) is 12.2 Å². The van der Waals surface area contributed by atoms with Crippen molar-refractivity contribution >= 4 is 5.91 Å². The average molecular weight is 371 g/mol. The number of fused-ring (bicyclic) bond motifs is 3. The summed E-state index contributed by atoms with van der Waals surface area (Å²) in [5, 5.41) is 6.59. The van der Waals surface area contributed by atoms with Crippen LogP contribution in [0.25, 0.3) is 21.6 Å². The number of ether oxygens (including phenoxy) is 1. The van der Waals surface area contributed by atoms with Crippen LogP contribution in [-0.4, -0.2) is 17.4 Å². The topological polar surface area (TPSA) is 100.0 Å². The predicted molar refractivity (Wildman–Crippen MR) is 105 cm³/mol. The number of azide groups is 1. The van der Waals surface area contributed by atoms with E-state index in [9.17, 15) is 4.79 Å². The largest absolute Gasteiger partial charge is 0.487 e. The molecule has 2 aromatic carbocycles. The van der Waals surface area contributed by atoms with Gasteiger partial charge in [0.15, 0.2) is 0 Å². The zero-order valence-corrected chi connectivity index (χ0v) is 14.9. The Morgan fingerprint density at radius 1 is 1.21 bits per heavy atom. The van der Waals surface area contributed by atoms with Crippen LogP contribution in [0.15, 0.2) is 72.1 Å². The van der Waals surface area contributed by atoms with Gasteiger partial charge in [-0.2, -0.15) is 0 Å². The zero-order chi connectivity index (χ0) is 19.3. The van der Waals surface area contributed by atoms with Crippen LogP contribution in [0, 0.1) is 0 Å². The van der Waals surface area contributed by atoms with Gasteiger partial charge in [-0.3, -0.25) is 9.78 Å². The third-order valence-corrected chi connectivity index (χ3v) is 4.66. The van der Waals surface area contributed by atoms with E-state index < -0.39 is 6.04 Å². The summed E-state index contributed by atoms with van der Waals surface area (Å²) in [6.45, 7) is 0.524. The normalized spacial score (nSPS) is 12.6. The third kappa shape index (κ3) is 3.51. The predicted octanol–water partition coefficient (Wildman–Crippen LogP) is 4.42. The highest BCUT2D eigenvalue weighted by Gasteiger charge is 2.20. The molecule has 0 fully saturated rings. The molecule has 0 aliphatic carbocycles. The average Bonchev–Trinajstić information content (AvgIpc) is 2.76. The molecule has 3 aromatic rings. The lowest BCUT2D eigenvalue weighted by atomic mass is 9.96. The Hall–Kier alpha value is -3.83. The number of amides is 1. The molecule has 138 valence electrons. The third-order valence-electron chi connectivity index (χ3n) is 4.66. The Balaban J connectivity index is 1.59. The van der Waals surface area contributed by atoms with Crippen LogP contribution in [0.4, 0.5) is 0 Å². The van der Waals surface area contributed by atoms with E-state index in [1.165, 1.54) is 0 Å². The van der Waals surface area contributed by atoms with Crippen molar-refractivity contribution in [3.8, 4) is 16.9 Å². The molecule has 0 bridgehead atoms. The summed E-state index contributed by atoms with van der Waals surface area (Å²) in [6.07, 6.45) is 3.41. The van der Waals surface area contributed by atoms with Gasteiger partial charge < -0.3 is 10.1 Å². The molecule has 0 saturated heterocycles. The highest BCUT2D eigenvalue weighted by atomic mass is 16.5. The van der Waals surface area contributed by atoms with Gasteiger partial charge in [0.05, 0.1) is 18.8 Å². The summed E-state index contributed by atoms with van der Waals surface area (Å²) in [4.78, 5) is 19.7. The second kappa shape index (κ2) is 7.82. The molecule has 7 nitrogen and oxygen atoms in total. The van der Waals surface area contributed by atoms with Crippen molar-refractivity contribution in [2.75, 3.05) is 6.54 Å². The highest BCUT2D eigenvalue weighted by Crippen LogP contribution is 2.36. The molecule has 0 saturated carbocycles. The minimum atomic E-state index is -0.399. The molecule has 4 rings (SSSR count). The maximum absolute atomic E-state index is 12.8. The van der Waals surface area contributed by atoms with Crippen molar-refractivity contribution in [2.45, 2.75) is 12.6 Å². The molecule has 7 heteroatoms. The molecule has 1 aliphatic heterocycles. The molecule has 0 spiro atoms. The molecular formula is C21H17N5O2. The van der Waals surface area contributed by atoms with Gasteiger partial charge in [0.1, 0.15) is 12.4 Å².